The minimum atomic E-state index is -1.11. The van der Waals surface area contributed by atoms with Crippen molar-refractivity contribution in [2.24, 2.45) is 4.99 Å². The number of rotatable bonds is 15. The molecular weight excluding hydrogens is 652 g/mol. The molecule has 5 heterocycles. The van der Waals surface area contributed by atoms with Crippen LogP contribution in [-0.4, -0.2) is 121 Å². The summed E-state index contributed by atoms with van der Waals surface area (Å²) in [6, 6.07) is 3.07. The maximum absolute atomic E-state index is 13.2. The Hall–Kier alpha value is -5.26. The number of carbonyl (C=O) groups excluding carboxylic acids is 6. The number of benzene rings is 1. The first-order chi connectivity index (χ1) is 24.3. The highest BCUT2D eigenvalue weighted by molar-refractivity contribution is 6.24. The van der Waals surface area contributed by atoms with Crippen molar-refractivity contribution in [3.8, 4) is 5.75 Å². The quantitative estimate of drug-likeness (QED) is 0.163. The van der Waals surface area contributed by atoms with Crippen LogP contribution in [-0.2, 0) is 28.7 Å². The highest BCUT2D eigenvalue weighted by Gasteiger charge is 2.46. The Morgan fingerprint density at radius 1 is 1.02 bits per heavy atom. The average molecular weight is 691 g/mol. The molecule has 17 heteroatoms. The van der Waals surface area contributed by atoms with Gasteiger partial charge in [0.25, 0.3) is 17.7 Å². The van der Waals surface area contributed by atoms with E-state index in [0.717, 1.165) is 17.0 Å². The van der Waals surface area contributed by atoms with Crippen LogP contribution in [0.25, 0.3) is 0 Å². The van der Waals surface area contributed by atoms with Gasteiger partial charge < -0.3 is 29.7 Å². The summed E-state index contributed by atoms with van der Waals surface area (Å²) in [7, 11) is 0. The van der Waals surface area contributed by atoms with Crippen molar-refractivity contribution >= 4 is 47.2 Å². The molecule has 0 radical (unpaired) electrons. The normalized spacial score (nSPS) is 21.7. The standard InChI is InChI=1S/C33H38N8O9/c42-26(24-16-21(6-7-35-24)40-18-22(17-37-40)39-11-8-34-9-12-39)19-49-15-14-48-13-10-36-29(44)20-50-27-3-1-2-23-30(27)33(47)41(32(23)46)25-4-5-28(43)38-31(25)45/h1-3,8-9,11,17-18,21,24-25,35H,4-7,10,12-16,19-20H2,(H,36,44)(H,38,43,45). The van der Waals surface area contributed by atoms with Crippen LogP contribution in [0.2, 0.25) is 0 Å². The number of nitrogens with one attached hydrogen (secondary N) is 3. The van der Waals surface area contributed by atoms with Crippen molar-refractivity contribution in [2.45, 2.75) is 43.8 Å². The van der Waals surface area contributed by atoms with E-state index >= 15 is 0 Å². The van der Waals surface area contributed by atoms with Gasteiger partial charge in [-0.3, -0.25) is 48.7 Å². The number of imide groups is 2. The van der Waals surface area contributed by atoms with E-state index in [2.05, 4.69) is 26.0 Å². The third-order valence-corrected chi connectivity index (χ3v) is 8.75. The number of amides is 5. The molecule has 2 saturated heterocycles. The molecule has 0 spiro atoms. The lowest BCUT2D eigenvalue weighted by atomic mass is 9.97. The highest BCUT2D eigenvalue weighted by atomic mass is 16.5. The molecule has 2 fully saturated rings. The number of fused-ring (bicyclic) bond motifs is 1. The smallest absolute Gasteiger partial charge is 0.266 e. The molecule has 3 atom stereocenters. The predicted octanol–water partition coefficient (Wildman–Crippen LogP) is -0.263. The molecule has 3 unspecified atom stereocenters. The van der Waals surface area contributed by atoms with Gasteiger partial charge in [-0.1, -0.05) is 6.07 Å². The van der Waals surface area contributed by atoms with Gasteiger partial charge in [-0.05, 0) is 37.9 Å². The van der Waals surface area contributed by atoms with Gasteiger partial charge >= 0.3 is 0 Å². The summed E-state index contributed by atoms with van der Waals surface area (Å²) in [5, 5.41) is 12.6. The summed E-state index contributed by atoms with van der Waals surface area (Å²) >= 11 is 0. The first-order valence-corrected chi connectivity index (χ1v) is 16.4. The predicted molar refractivity (Wildman–Crippen MR) is 176 cm³/mol. The van der Waals surface area contributed by atoms with Crippen LogP contribution >= 0.6 is 0 Å². The monoisotopic (exact) mass is 690 g/mol. The van der Waals surface area contributed by atoms with Crippen LogP contribution in [0.15, 0.2) is 48.0 Å². The van der Waals surface area contributed by atoms with Crippen molar-refractivity contribution in [2.75, 3.05) is 57.6 Å². The lowest BCUT2D eigenvalue weighted by Gasteiger charge is -2.29. The van der Waals surface area contributed by atoms with E-state index in [0.29, 0.717) is 19.5 Å². The van der Waals surface area contributed by atoms with Crippen LogP contribution in [0, 0.1) is 0 Å². The number of hydrogen-bond acceptors (Lipinski definition) is 13. The minimum absolute atomic E-state index is 0.00614. The lowest BCUT2D eigenvalue weighted by molar-refractivity contribution is -0.136. The molecule has 1 aromatic carbocycles. The molecule has 4 aliphatic heterocycles. The van der Waals surface area contributed by atoms with E-state index < -0.39 is 42.2 Å². The summed E-state index contributed by atoms with van der Waals surface area (Å²) in [6.07, 6.45) is 10.8. The van der Waals surface area contributed by atoms with Crippen LogP contribution in [0.1, 0.15) is 52.4 Å². The molecule has 1 aromatic heterocycles. The number of nitrogens with zero attached hydrogens (tertiary/aromatic N) is 5. The molecule has 50 heavy (non-hydrogen) atoms. The first-order valence-electron chi connectivity index (χ1n) is 16.4. The number of Topliss-reactive ketones (excluding diaryl/α,β-unsaturated/α-hetero) is 1. The van der Waals surface area contributed by atoms with Gasteiger partial charge in [0, 0.05) is 37.8 Å². The average Bonchev–Trinajstić information content (AvgIpc) is 3.72. The van der Waals surface area contributed by atoms with Gasteiger partial charge in [-0.2, -0.15) is 5.10 Å². The Labute approximate surface area is 287 Å². The Balaban J connectivity index is 0.849. The van der Waals surface area contributed by atoms with Crippen molar-refractivity contribution in [1.82, 2.24) is 30.6 Å². The summed E-state index contributed by atoms with van der Waals surface area (Å²) in [4.78, 5) is 82.1. The molecule has 3 N–H and O–H groups in total. The van der Waals surface area contributed by atoms with E-state index in [1.807, 2.05) is 34.4 Å². The number of anilines is 1. The van der Waals surface area contributed by atoms with Crippen LogP contribution in [0.5, 0.6) is 5.75 Å². The maximum atomic E-state index is 13.2. The Morgan fingerprint density at radius 2 is 1.88 bits per heavy atom. The van der Waals surface area contributed by atoms with Crippen molar-refractivity contribution in [1.29, 1.82) is 0 Å². The molecule has 0 saturated carbocycles. The molecule has 0 bridgehead atoms. The van der Waals surface area contributed by atoms with E-state index in [-0.39, 0.29) is 80.6 Å². The zero-order valence-corrected chi connectivity index (χ0v) is 27.2. The van der Waals surface area contributed by atoms with Gasteiger partial charge in [0.2, 0.25) is 11.8 Å². The molecule has 17 nitrogen and oxygen atoms in total. The topological polar surface area (TPSA) is 203 Å². The van der Waals surface area contributed by atoms with Gasteiger partial charge in [-0.25, -0.2) is 0 Å². The van der Waals surface area contributed by atoms with E-state index in [9.17, 15) is 28.8 Å². The third-order valence-electron chi connectivity index (χ3n) is 8.75. The molecule has 0 aliphatic carbocycles. The number of aliphatic imine (C=N–C) groups is 1. The van der Waals surface area contributed by atoms with Crippen molar-refractivity contribution in [3.05, 3.63) is 54.1 Å². The second-order valence-electron chi connectivity index (χ2n) is 12.0. The summed E-state index contributed by atoms with van der Waals surface area (Å²) in [5.74, 6) is -3.05. The number of ketones is 1. The molecule has 5 amide bonds. The van der Waals surface area contributed by atoms with E-state index in [4.69, 9.17) is 14.2 Å². The number of piperidine rings is 2. The second kappa shape index (κ2) is 16.0. The molecule has 264 valence electrons. The fraction of sp³-hybridized carbons (Fsp3) is 0.455. The summed E-state index contributed by atoms with van der Waals surface area (Å²) in [5.41, 5.74) is 0.988. The molecular formula is C33H38N8O9. The van der Waals surface area contributed by atoms with Gasteiger partial charge in [-0.15, -0.1) is 0 Å². The molecule has 2 aromatic rings. The number of carbonyl (C=O) groups is 6. The number of hydrogen-bond donors (Lipinski definition) is 3. The van der Waals surface area contributed by atoms with Gasteiger partial charge in [0.15, 0.2) is 12.4 Å². The molecule has 6 rings (SSSR count). The largest absolute Gasteiger partial charge is 0.483 e. The van der Waals surface area contributed by atoms with Crippen LogP contribution in [0.4, 0.5) is 5.69 Å². The highest BCUT2D eigenvalue weighted by Crippen LogP contribution is 2.33. The van der Waals surface area contributed by atoms with Crippen molar-refractivity contribution in [3.63, 3.8) is 0 Å². The summed E-state index contributed by atoms with van der Waals surface area (Å²) < 4.78 is 18.5. The Kier molecular flexibility index (Phi) is 11.0. The van der Waals surface area contributed by atoms with Crippen molar-refractivity contribution < 1.29 is 43.0 Å². The maximum Gasteiger partial charge on any atom is 0.266 e. The van der Waals surface area contributed by atoms with Gasteiger partial charge in [0.1, 0.15) is 18.4 Å². The second-order valence-corrected chi connectivity index (χ2v) is 12.0. The fourth-order valence-electron chi connectivity index (χ4n) is 6.18. The Morgan fingerprint density at radius 3 is 2.70 bits per heavy atom. The number of aromatic nitrogens is 2. The molecule has 4 aliphatic rings. The fourth-order valence-corrected chi connectivity index (χ4v) is 6.18. The SMILES string of the molecule is O=C(COc1cccc2c1C(=O)N(C1CCC(=O)NC1=O)C2=O)NCCOCCOCC(=O)C1CC(n2cc(N3C=CN=CC3)cn2)CCN1. The van der Waals surface area contributed by atoms with Gasteiger partial charge in [0.05, 0.1) is 61.5 Å². The zero-order chi connectivity index (χ0) is 35.0. The third kappa shape index (κ3) is 7.96. The van der Waals surface area contributed by atoms with E-state index in [1.54, 1.807) is 6.20 Å². The number of ether oxygens (including phenoxy) is 3. The van der Waals surface area contributed by atoms with E-state index in [1.165, 1.54) is 18.2 Å². The Bertz CT molecular complexity index is 1710. The van der Waals surface area contributed by atoms with Crippen LogP contribution in [0.3, 0.4) is 0 Å². The lowest BCUT2D eigenvalue weighted by Crippen LogP contribution is -2.54. The zero-order valence-electron chi connectivity index (χ0n) is 27.2. The van der Waals surface area contributed by atoms with Crippen LogP contribution < -0.4 is 25.6 Å². The summed E-state index contributed by atoms with van der Waals surface area (Å²) in [6.45, 7) is 1.70. The first kappa shape index (κ1) is 34.6. The minimum Gasteiger partial charge on any atom is -0.483 e.